The Morgan fingerprint density at radius 2 is 2.42 bits per heavy atom. The number of nitrogen functional groups attached to an aromatic ring is 1. The topological polar surface area (TPSA) is 54.2 Å². The van der Waals surface area contributed by atoms with Crippen LogP contribution in [0.1, 0.15) is 19.8 Å². The van der Waals surface area contributed by atoms with E-state index in [1.165, 1.54) is 19.4 Å². The molecule has 19 heavy (non-hydrogen) atoms. The number of likely N-dealkylation sites (N-methyl/N-ethyl adjacent to an activating group) is 1. The molecular weight excluding hydrogens is 256 g/mol. The van der Waals surface area contributed by atoms with Gasteiger partial charge < -0.3 is 16.0 Å². The fourth-order valence-corrected chi connectivity index (χ4v) is 3.45. The Balaban J connectivity index is 1.79. The summed E-state index contributed by atoms with van der Waals surface area (Å²) in [6.45, 7) is 5.66. The number of rotatable bonds is 3. The molecule has 2 aromatic rings. The first-order chi connectivity index (χ1) is 9.28. The lowest BCUT2D eigenvalue weighted by molar-refractivity contribution is 0.227. The second-order valence-electron chi connectivity index (χ2n) is 5.10. The van der Waals surface area contributed by atoms with Crippen molar-refractivity contribution in [2.24, 2.45) is 0 Å². The summed E-state index contributed by atoms with van der Waals surface area (Å²) in [5.41, 5.74) is 10.8. The Bertz CT molecular complexity index is 566. The quantitative estimate of drug-likeness (QED) is 0.846. The predicted octanol–water partition coefficient (Wildman–Crippen LogP) is 2.77. The lowest BCUT2D eigenvalue weighted by Crippen LogP contribution is -2.41. The number of aromatic nitrogens is 1. The van der Waals surface area contributed by atoms with E-state index in [1.54, 1.807) is 11.3 Å². The molecule has 0 saturated carbocycles. The summed E-state index contributed by atoms with van der Waals surface area (Å²) in [6.07, 6.45) is 2.47. The van der Waals surface area contributed by atoms with Crippen molar-refractivity contribution < 1.29 is 0 Å². The van der Waals surface area contributed by atoms with Crippen molar-refractivity contribution in [3.8, 4) is 0 Å². The third kappa shape index (κ3) is 2.53. The number of piperidine rings is 1. The molecule has 1 atom stereocenters. The average Bonchev–Trinajstić information content (AvgIpc) is 2.91. The number of likely N-dealkylation sites (tertiary alicyclic amines) is 1. The van der Waals surface area contributed by atoms with Gasteiger partial charge in [-0.05, 0) is 38.1 Å². The van der Waals surface area contributed by atoms with Crippen molar-refractivity contribution in [3.05, 3.63) is 17.6 Å². The lowest BCUT2D eigenvalue weighted by Gasteiger charge is -2.33. The Kier molecular flexibility index (Phi) is 3.57. The van der Waals surface area contributed by atoms with Crippen molar-refractivity contribution in [1.29, 1.82) is 0 Å². The van der Waals surface area contributed by atoms with Gasteiger partial charge in [-0.3, -0.25) is 0 Å². The number of nitrogens with zero attached hydrogens (tertiary/aromatic N) is 2. The maximum Gasteiger partial charge on any atom is 0.106 e. The smallest absolute Gasteiger partial charge is 0.106 e. The summed E-state index contributed by atoms with van der Waals surface area (Å²) in [6, 6.07) is 4.68. The van der Waals surface area contributed by atoms with Crippen LogP contribution in [0.5, 0.6) is 0 Å². The molecule has 1 unspecified atom stereocenters. The number of hydrogen-bond acceptors (Lipinski definition) is 5. The Morgan fingerprint density at radius 3 is 3.26 bits per heavy atom. The van der Waals surface area contributed by atoms with E-state index in [0.29, 0.717) is 6.04 Å². The van der Waals surface area contributed by atoms with E-state index >= 15 is 0 Å². The molecule has 1 aromatic carbocycles. The van der Waals surface area contributed by atoms with E-state index < -0.39 is 0 Å². The first-order valence-corrected chi connectivity index (χ1v) is 7.76. The molecule has 0 amide bonds. The molecule has 3 N–H and O–H groups in total. The molecule has 1 aliphatic heterocycles. The summed E-state index contributed by atoms with van der Waals surface area (Å²) < 4.78 is 1.15. The molecule has 102 valence electrons. The largest absolute Gasteiger partial charge is 0.395 e. The molecule has 0 radical (unpaired) electrons. The molecule has 4 nitrogen and oxygen atoms in total. The van der Waals surface area contributed by atoms with Crippen molar-refractivity contribution >= 4 is 32.9 Å². The Labute approximate surface area is 117 Å². The van der Waals surface area contributed by atoms with Gasteiger partial charge in [-0.15, -0.1) is 11.3 Å². The van der Waals surface area contributed by atoms with Crippen molar-refractivity contribution in [2.75, 3.05) is 30.7 Å². The molecule has 3 rings (SSSR count). The number of hydrogen-bond donors (Lipinski definition) is 2. The maximum atomic E-state index is 6.22. The highest BCUT2D eigenvalue weighted by atomic mass is 32.1. The second-order valence-corrected chi connectivity index (χ2v) is 5.99. The minimum Gasteiger partial charge on any atom is -0.395 e. The van der Waals surface area contributed by atoms with Gasteiger partial charge in [0.05, 0.1) is 21.6 Å². The predicted molar refractivity (Wildman–Crippen MR) is 82.8 cm³/mol. The Morgan fingerprint density at radius 1 is 1.53 bits per heavy atom. The van der Waals surface area contributed by atoms with Crippen LogP contribution in [-0.4, -0.2) is 35.6 Å². The minimum absolute atomic E-state index is 0.493. The molecule has 1 fully saturated rings. The van der Waals surface area contributed by atoms with Crippen LogP contribution in [0, 0.1) is 0 Å². The third-order valence-corrected chi connectivity index (χ3v) is 4.65. The van der Waals surface area contributed by atoms with Gasteiger partial charge in [0.2, 0.25) is 0 Å². The van der Waals surface area contributed by atoms with E-state index in [0.717, 1.165) is 34.7 Å². The first kappa shape index (κ1) is 12.7. The average molecular weight is 276 g/mol. The fraction of sp³-hybridized carbons (Fsp3) is 0.500. The van der Waals surface area contributed by atoms with Gasteiger partial charge in [0.25, 0.3) is 0 Å². The van der Waals surface area contributed by atoms with Crippen LogP contribution in [0.3, 0.4) is 0 Å². The highest BCUT2D eigenvalue weighted by Crippen LogP contribution is 2.31. The molecule has 0 bridgehead atoms. The Hall–Kier alpha value is -1.33. The molecule has 2 heterocycles. The van der Waals surface area contributed by atoms with Crippen LogP contribution in [-0.2, 0) is 0 Å². The number of nitrogens with one attached hydrogen (secondary N) is 1. The second kappa shape index (κ2) is 5.35. The van der Waals surface area contributed by atoms with Crippen LogP contribution < -0.4 is 11.1 Å². The number of benzene rings is 1. The zero-order valence-corrected chi connectivity index (χ0v) is 12.0. The molecule has 1 aliphatic rings. The number of fused-ring (bicyclic) bond motifs is 1. The third-order valence-electron chi connectivity index (χ3n) is 3.85. The van der Waals surface area contributed by atoms with Crippen LogP contribution in [0.2, 0.25) is 0 Å². The SMILES string of the molecule is CCN1CCCC(Nc2ccc3scnc3c2N)C1. The van der Waals surface area contributed by atoms with Crippen molar-refractivity contribution in [2.45, 2.75) is 25.8 Å². The van der Waals surface area contributed by atoms with Gasteiger partial charge in [-0.2, -0.15) is 0 Å². The maximum absolute atomic E-state index is 6.22. The highest BCUT2D eigenvalue weighted by molar-refractivity contribution is 7.16. The molecule has 0 spiro atoms. The normalized spacial score (nSPS) is 20.8. The van der Waals surface area contributed by atoms with Gasteiger partial charge in [0.15, 0.2) is 0 Å². The summed E-state index contributed by atoms with van der Waals surface area (Å²) in [7, 11) is 0. The molecule has 1 saturated heterocycles. The van der Waals surface area contributed by atoms with E-state index in [1.807, 2.05) is 5.51 Å². The molecule has 0 aliphatic carbocycles. The van der Waals surface area contributed by atoms with Crippen molar-refractivity contribution in [1.82, 2.24) is 9.88 Å². The monoisotopic (exact) mass is 276 g/mol. The molecular formula is C14H20N4S. The lowest BCUT2D eigenvalue weighted by atomic mass is 10.1. The summed E-state index contributed by atoms with van der Waals surface area (Å²) in [5, 5.41) is 3.59. The summed E-state index contributed by atoms with van der Waals surface area (Å²) in [4.78, 5) is 6.83. The van der Waals surface area contributed by atoms with Crippen LogP contribution in [0.4, 0.5) is 11.4 Å². The van der Waals surface area contributed by atoms with Gasteiger partial charge in [0.1, 0.15) is 5.52 Å². The summed E-state index contributed by atoms with van der Waals surface area (Å²) >= 11 is 1.63. The van der Waals surface area contributed by atoms with Gasteiger partial charge >= 0.3 is 0 Å². The minimum atomic E-state index is 0.493. The highest BCUT2D eigenvalue weighted by Gasteiger charge is 2.19. The van der Waals surface area contributed by atoms with Crippen LogP contribution in [0.25, 0.3) is 10.2 Å². The van der Waals surface area contributed by atoms with Crippen LogP contribution in [0.15, 0.2) is 17.6 Å². The van der Waals surface area contributed by atoms with Gasteiger partial charge in [-0.25, -0.2) is 4.98 Å². The van der Waals surface area contributed by atoms with E-state index in [-0.39, 0.29) is 0 Å². The standard InChI is InChI=1S/C14H20N4S/c1-2-18-7-3-4-10(8-18)17-11-5-6-12-14(13(11)15)16-9-19-12/h5-6,9-10,17H,2-4,7-8,15H2,1H3. The summed E-state index contributed by atoms with van der Waals surface area (Å²) in [5.74, 6) is 0. The van der Waals surface area contributed by atoms with E-state index in [2.05, 4.69) is 34.3 Å². The first-order valence-electron chi connectivity index (χ1n) is 6.88. The zero-order valence-electron chi connectivity index (χ0n) is 11.2. The van der Waals surface area contributed by atoms with Gasteiger partial charge in [0, 0.05) is 12.6 Å². The number of nitrogens with two attached hydrogens (primary N) is 1. The fourth-order valence-electron chi connectivity index (χ4n) is 2.76. The number of thiazole rings is 1. The number of anilines is 2. The van der Waals surface area contributed by atoms with E-state index in [4.69, 9.17) is 5.73 Å². The molecule has 1 aromatic heterocycles. The van der Waals surface area contributed by atoms with Crippen molar-refractivity contribution in [3.63, 3.8) is 0 Å². The van der Waals surface area contributed by atoms with Gasteiger partial charge in [-0.1, -0.05) is 6.92 Å². The van der Waals surface area contributed by atoms with Crippen LogP contribution >= 0.6 is 11.3 Å². The van der Waals surface area contributed by atoms with E-state index in [9.17, 15) is 0 Å². The zero-order chi connectivity index (χ0) is 13.2. The molecule has 5 heteroatoms.